The van der Waals surface area contributed by atoms with E-state index in [0.29, 0.717) is 5.82 Å². The van der Waals surface area contributed by atoms with E-state index in [-0.39, 0.29) is 5.41 Å². The summed E-state index contributed by atoms with van der Waals surface area (Å²) in [5.74, 6) is 0.692. The third-order valence-corrected chi connectivity index (χ3v) is 12.8. The van der Waals surface area contributed by atoms with Gasteiger partial charge in [0.2, 0.25) is 0 Å². The zero-order chi connectivity index (χ0) is 40.5. The van der Waals surface area contributed by atoms with Crippen LogP contribution in [0, 0.1) is 0 Å². The Bertz CT molecular complexity index is 3480. The Hall–Kier alpha value is -7.88. The Morgan fingerprint density at radius 1 is 0.393 bits per heavy atom. The first-order valence-electron chi connectivity index (χ1n) is 20.9. The quantitative estimate of drug-likeness (QED) is 0.169. The summed E-state index contributed by atoms with van der Waals surface area (Å²) in [4.78, 5) is 10.6. The monoisotopic (exact) mass is 778 g/mol. The van der Waals surface area contributed by atoms with Crippen LogP contribution in [-0.4, -0.2) is 9.97 Å². The normalized spacial score (nSPS) is 14.4. The highest BCUT2D eigenvalue weighted by Crippen LogP contribution is 2.55. The molecule has 0 amide bonds. The van der Waals surface area contributed by atoms with Gasteiger partial charge in [0.15, 0.2) is 5.82 Å². The van der Waals surface area contributed by atoms with Crippen LogP contribution in [0.4, 0.5) is 0 Å². The first-order chi connectivity index (χ1) is 30.1. The second-order valence-corrected chi connectivity index (χ2v) is 16.2. The summed E-state index contributed by atoms with van der Waals surface area (Å²) < 4.78 is 6.57. The minimum absolute atomic E-state index is 0.315. The van der Waals surface area contributed by atoms with Crippen LogP contribution in [0.25, 0.3) is 100.0 Å². The topological polar surface area (TPSA) is 38.9 Å². The lowest BCUT2D eigenvalue weighted by Gasteiger charge is -2.28. The van der Waals surface area contributed by atoms with E-state index in [1.165, 1.54) is 44.3 Å². The van der Waals surface area contributed by atoms with Gasteiger partial charge in [-0.1, -0.05) is 176 Å². The van der Waals surface area contributed by atoms with Gasteiger partial charge in [0.1, 0.15) is 11.2 Å². The first-order valence-corrected chi connectivity index (χ1v) is 20.9. The molecule has 0 bridgehead atoms. The van der Waals surface area contributed by atoms with Crippen molar-refractivity contribution in [2.24, 2.45) is 0 Å². The summed E-state index contributed by atoms with van der Waals surface area (Å²) in [6.07, 6.45) is 0. The Morgan fingerprint density at radius 3 is 1.87 bits per heavy atom. The minimum atomic E-state index is -0.315. The highest BCUT2D eigenvalue weighted by Gasteiger charge is 2.41. The van der Waals surface area contributed by atoms with Gasteiger partial charge in [-0.25, -0.2) is 9.97 Å². The van der Waals surface area contributed by atoms with Crippen molar-refractivity contribution < 1.29 is 4.42 Å². The maximum atomic E-state index is 6.57. The van der Waals surface area contributed by atoms with Gasteiger partial charge in [0.25, 0.3) is 0 Å². The van der Waals surface area contributed by atoms with Crippen molar-refractivity contribution >= 4 is 32.7 Å². The molecule has 3 heteroatoms. The highest BCUT2D eigenvalue weighted by atomic mass is 16.3. The average molecular weight is 779 g/mol. The van der Waals surface area contributed by atoms with E-state index in [1.54, 1.807) is 0 Å². The summed E-state index contributed by atoms with van der Waals surface area (Å²) >= 11 is 0. The highest BCUT2D eigenvalue weighted by molar-refractivity contribution is 6.16. The van der Waals surface area contributed by atoms with Gasteiger partial charge in [-0.05, 0) is 104 Å². The predicted molar refractivity (Wildman–Crippen MR) is 251 cm³/mol. The summed E-state index contributed by atoms with van der Waals surface area (Å²) in [6.45, 7) is 2.36. The number of rotatable bonds is 6. The number of fused-ring (bicyclic) bond motifs is 7. The van der Waals surface area contributed by atoms with Crippen molar-refractivity contribution in [1.82, 2.24) is 9.97 Å². The van der Waals surface area contributed by atoms with Crippen LogP contribution >= 0.6 is 0 Å². The van der Waals surface area contributed by atoms with Crippen molar-refractivity contribution in [3.05, 3.63) is 229 Å². The molecule has 9 aromatic carbocycles. The predicted octanol–water partition coefficient (Wildman–Crippen LogP) is 15.2. The molecule has 2 aromatic heterocycles. The third kappa shape index (κ3) is 5.66. The molecule has 1 atom stereocenters. The number of nitrogens with zero attached hydrogens (tertiary/aromatic N) is 2. The van der Waals surface area contributed by atoms with Gasteiger partial charge in [-0.15, -0.1) is 0 Å². The maximum Gasteiger partial charge on any atom is 0.160 e. The van der Waals surface area contributed by atoms with Crippen molar-refractivity contribution in [2.75, 3.05) is 0 Å². The van der Waals surface area contributed by atoms with Crippen LogP contribution < -0.4 is 0 Å². The van der Waals surface area contributed by atoms with Crippen molar-refractivity contribution in [2.45, 2.75) is 12.3 Å². The molecule has 1 unspecified atom stereocenters. The SMILES string of the molecule is CC1(c2ccccc2)c2ccccc2-c2c(-c3cc(-c4cccc(-c5cccc6oc7cc8ccc(-c9ccccc9)cc8cc7c56)c4)nc(-c4ccccc4)n3)cccc21. The Morgan fingerprint density at radius 2 is 1.03 bits per heavy atom. The first kappa shape index (κ1) is 35.1. The zero-order valence-electron chi connectivity index (χ0n) is 33.5. The summed E-state index contributed by atoms with van der Waals surface area (Å²) in [5.41, 5.74) is 17.2. The van der Waals surface area contributed by atoms with Gasteiger partial charge >= 0.3 is 0 Å². The fourth-order valence-corrected chi connectivity index (χ4v) is 9.75. The van der Waals surface area contributed by atoms with Crippen LogP contribution in [0.5, 0.6) is 0 Å². The molecule has 12 rings (SSSR count). The van der Waals surface area contributed by atoms with E-state index in [2.05, 4.69) is 213 Å². The number of hydrogen-bond donors (Lipinski definition) is 0. The number of hydrogen-bond acceptors (Lipinski definition) is 3. The van der Waals surface area contributed by atoms with E-state index < -0.39 is 0 Å². The van der Waals surface area contributed by atoms with Gasteiger partial charge in [0, 0.05) is 32.9 Å². The molecule has 0 spiro atoms. The Balaban J connectivity index is 1.02. The van der Waals surface area contributed by atoms with E-state index in [1.807, 2.05) is 6.07 Å². The molecule has 1 aliphatic rings. The fraction of sp³-hybridized carbons (Fsp3) is 0.0345. The van der Waals surface area contributed by atoms with Crippen LogP contribution in [0.2, 0.25) is 0 Å². The summed E-state index contributed by atoms with van der Waals surface area (Å²) in [5, 5.41) is 4.54. The van der Waals surface area contributed by atoms with Gasteiger partial charge in [-0.2, -0.15) is 0 Å². The van der Waals surface area contributed by atoms with Gasteiger partial charge in [-0.3, -0.25) is 0 Å². The lowest BCUT2D eigenvalue weighted by molar-refractivity contribution is 0.669. The Labute approximate surface area is 354 Å². The molecule has 0 radical (unpaired) electrons. The van der Waals surface area contributed by atoms with Crippen molar-refractivity contribution in [1.29, 1.82) is 0 Å². The third-order valence-electron chi connectivity index (χ3n) is 12.8. The molecular weight excluding hydrogens is 741 g/mol. The number of benzene rings is 9. The summed E-state index contributed by atoms with van der Waals surface area (Å²) in [6, 6.07) is 75.7. The second kappa shape index (κ2) is 13.9. The molecule has 0 saturated carbocycles. The molecule has 11 aromatic rings. The smallest absolute Gasteiger partial charge is 0.160 e. The van der Waals surface area contributed by atoms with E-state index in [4.69, 9.17) is 14.4 Å². The van der Waals surface area contributed by atoms with Crippen LogP contribution in [0.1, 0.15) is 23.6 Å². The fourth-order valence-electron chi connectivity index (χ4n) is 9.75. The zero-order valence-corrected chi connectivity index (χ0v) is 33.5. The molecule has 61 heavy (non-hydrogen) atoms. The molecule has 286 valence electrons. The lowest BCUT2D eigenvalue weighted by atomic mass is 9.74. The van der Waals surface area contributed by atoms with Gasteiger partial charge in [0.05, 0.1) is 11.4 Å². The van der Waals surface area contributed by atoms with Crippen LogP contribution in [0.3, 0.4) is 0 Å². The molecule has 2 heterocycles. The van der Waals surface area contributed by atoms with Crippen molar-refractivity contribution in [3.63, 3.8) is 0 Å². The molecule has 0 fully saturated rings. The summed E-state index contributed by atoms with van der Waals surface area (Å²) in [7, 11) is 0. The largest absolute Gasteiger partial charge is 0.456 e. The van der Waals surface area contributed by atoms with E-state index in [9.17, 15) is 0 Å². The lowest BCUT2D eigenvalue weighted by Crippen LogP contribution is -2.22. The number of aromatic nitrogens is 2. The molecular formula is C58H38N2O. The van der Waals surface area contributed by atoms with Crippen molar-refractivity contribution in [3.8, 4) is 67.3 Å². The molecule has 3 nitrogen and oxygen atoms in total. The molecule has 1 aliphatic carbocycles. The maximum absolute atomic E-state index is 6.57. The second-order valence-electron chi connectivity index (χ2n) is 16.2. The minimum Gasteiger partial charge on any atom is -0.456 e. The standard InChI is InChI=1S/C58H38N2O/c1-58(44-22-9-4-10-23-44)49-27-12-11-24-46(49)55-47(26-14-28-50(55)58)52-36-51(59-57(60-52)38-18-7-3-8-19-38)42-21-13-20-41(33-42)45-25-15-29-53-56(45)48-34-43-32-39(37-16-5-2-6-17-37)30-31-40(43)35-54(48)61-53/h2-36H,1H3. The molecule has 0 N–H and O–H groups in total. The molecule has 0 saturated heterocycles. The number of furan rings is 1. The Kier molecular flexibility index (Phi) is 7.98. The van der Waals surface area contributed by atoms with E-state index in [0.717, 1.165) is 66.5 Å². The van der Waals surface area contributed by atoms with E-state index >= 15 is 0 Å². The van der Waals surface area contributed by atoms with Crippen LogP contribution in [-0.2, 0) is 5.41 Å². The average Bonchev–Trinajstić information content (AvgIpc) is 3.83. The molecule has 0 aliphatic heterocycles. The van der Waals surface area contributed by atoms with Gasteiger partial charge < -0.3 is 4.42 Å². The van der Waals surface area contributed by atoms with Crippen LogP contribution in [0.15, 0.2) is 217 Å².